The van der Waals surface area contributed by atoms with Crippen molar-refractivity contribution in [1.29, 1.82) is 0 Å². The van der Waals surface area contributed by atoms with E-state index in [0.29, 0.717) is 6.04 Å². The monoisotopic (exact) mass is 226 g/mol. The molecular formula is C13H26N2O. The molecule has 0 amide bonds. The topological polar surface area (TPSA) is 35.5 Å². The van der Waals surface area contributed by atoms with Crippen molar-refractivity contribution in [3.63, 3.8) is 0 Å². The average molecular weight is 226 g/mol. The predicted molar refractivity (Wildman–Crippen MR) is 66.5 cm³/mol. The van der Waals surface area contributed by atoms with E-state index in [9.17, 15) is 5.11 Å². The molecule has 2 saturated carbocycles. The van der Waals surface area contributed by atoms with E-state index in [1.807, 2.05) is 0 Å². The van der Waals surface area contributed by atoms with Crippen LogP contribution in [0, 0.1) is 0 Å². The van der Waals surface area contributed by atoms with Gasteiger partial charge in [0.1, 0.15) is 0 Å². The summed E-state index contributed by atoms with van der Waals surface area (Å²) in [5, 5.41) is 13.1. The Balaban J connectivity index is 1.89. The summed E-state index contributed by atoms with van der Waals surface area (Å²) in [6.45, 7) is 3.37. The molecule has 0 saturated heterocycles. The fourth-order valence-electron chi connectivity index (χ4n) is 3.27. The minimum atomic E-state index is 0.0113. The van der Waals surface area contributed by atoms with E-state index in [2.05, 4.69) is 24.2 Å². The summed E-state index contributed by atoms with van der Waals surface area (Å²) in [6, 6.07) is 1.50. The van der Waals surface area contributed by atoms with Crippen LogP contribution >= 0.6 is 0 Å². The Morgan fingerprint density at radius 1 is 1.31 bits per heavy atom. The molecule has 2 atom stereocenters. The molecule has 2 fully saturated rings. The summed E-state index contributed by atoms with van der Waals surface area (Å²) in [4.78, 5) is 2.57. The van der Waals surface area contributed by atoms with Crippen molar-refractivity contribution in [2.75, 3.05) is 20.2 Å². The fraction of sp³-hybridized carbons (Fsp3) is 1.00. The van der Waals surface area contributed by atoms with Gasteiger partial charge in [-0.3, -0.25) is 0 Å². The van der Waals surface area contributed by atoms with Crippen molar-refractivity contribution >= 4 is 0 Å². The zero-order chi connectivity index (χ0) is 11.6. The number of hydrogen-bond donors (Lipinski definition) is 2. The van der Waals surface area contributed by atoms with E-state index in [4.69, 9.17) is 0 Å². The normalized spacial score (nSPS) is 35.6. The minimum absolute atomic E-state index is 0.0113. The van der Waals surface area contributed by atoms with Crippen LogP contribution in [0.1, 0.15) is 45.4 Å². The first-order valence-electron chi connectivity index (χ1n) is 6.78. The van der Waals surface area contributed by atoms with Crippen molar-refractivity contribution in [2.45, 2.75) is 63.1 Å². The molecule has 0 aliphatic heterocycles. The van der Waals surface area contributed by atoms with Gasteiger partial charge in [0, 0.05) is 17.6 Å². The van der Waals surface area contributed by atoms with Crippen molar-refractivity contribution in [3.8, 4) is 0 Å². The number of hydrogen-bond acceptors (Lipinski definition) is 3. The zero-order valence-electron chi connectivity index (χ0n) is 10.7. The molecule has 2 rings (SSSR count). The molecule has 0 radical (unpaired) electrons. The zero-order valence-corrected chi connectivity index (χ0v) is 10.7. The molecular weight excluding hydrogens is 200 g/mol. The maximum atomic E-state index is 9.58. The van der Waals surface area contributed by atoms with Crippen LogP contribution in [-0.4, -0.2) is 47.8 Å². The summed E-state index contributed by atoms with van der Waals surface area (Å²) < 4.78 is 0. The first kappa shape index (κ1) is 12.3. The van der Waals surface area contributed by atoms with Crippen LogP contribution in [-0.2, 0) is 0 Å². The van der Waals surface area contributed by atoms with E-state index in [0.717, 1.165) is 25.4 Å². The van der Waals surface area contributed by atoms with Gasteiger partial charge >= 0.3 is 0 Å². The lowest BCUT2D eigenvalue weighted by Gasteiger charge is -2.39. The first-order valence-corrected chi connectivity index (χ1v) is 6.78. The lowest BCUT2D eigenvalue weighted by atomic mass is 9.90. The SMILES string of the molecule is CCNC1(CO)CCC(N(C)C2CCC2)C1. The van der Waals surface area contributed by atoms with Gasteiger partial charge in [0.05, 0.1) is 6.61 Å². The molecule has 0 heterocycles. The third-order valence-corrected chi connectivity index (χ3v) is 4.66. The molecule has 2 unspecified atom stereocenters. The largest absolute Gasteiger partial charge is 0.394 e. The standard InChI is InChI=1S/C13H26N2O/c1-3-14-13(10-16)8-7-12(9-13)15(2)11-5-4-6-11/h11-12,14,16H,3-10H2,1-2H3. The van der Waals surface area contributed by atoms with Gasteiger partial charge in [-0.05, 0) is 45.7 Å². The molecule has 3 nitrogen and oxygen atoms in total. The third kappa shape index (κ3) is 2.27. The number of aliphatic hydroxyl groups excluding tert-OH is 1. The van der Waals surface area contributed by atoms with Crippen LogP contribution in [0.3, 0.4) is 0 Å². The first-order chi connectivity index (χ1) is 7.71. The van der Waals surface area contributed by atoms with Crippen LogP contribution in [0.5, 0.6) is 0 Å². The highest BCUT2D eigenvalue weighted by molar-refractivity contribution is 5.00. The second-order valence-electron chi connectivity index (χ2n) is 5.62. The fourth-order valence-corrected chi connectivity index (χ4v) is 3.27. The second-order valence-corrected chi connectivity index (χ2v) is 5.62. The Hall–Kier alpha value is -0.120. The molecule has 0 bridgehead atoms. The van der Waals surface area contributed by atoms with Crippen molar-refractivity contribution in [2.24, 2.45) is 0 Å². The lowest BCUT2D eigenvalue weighted by Crippen LogP contribution is -2.49. The Kier molecular flexibility index (Phi) is 3.88. The Labute approximate surface area is 99.2 Å². The Morgan fingerprint density at radius 2 is 2.06 bits per heavy atom. The summed E-state index contributed by atoms with van der Waals surface area (Å²) >= 11 is 0. The van der Waals surface area contributed by atoms with Gasteiger partial charge in [-0.25, -0.2) is 0 Å². The van der Waals surface area contributed by atoms with E-state index in [-0.39, 0.29) is 12.1 Å². The average Bonchev–Trinajstić information content (AvgIpc) is 2.61. The maximum absolute atomic E-state index is 9.58. The van der Waals surface area contributed by atoms with Crippen LogP contribution < -0.4 is 5.32 Å². The van der Waals surface area contributed by atoms with Gasteiger partial charge in [-0.1, -0.05) is 13.3 Å². The van der Waals surface area contributed by atoms with E-state index < -0.39 is 0 Å². The quantitative estimate of drug-likeness (QED) is 0.743. The van der Waals surface area contributed by atoms with Crippen LogP contribution in [0.15, 0.2) is 0 Å². The van der Waals surface area contributed by atoms with Gasteiger partial charge < -0.3 is 15.3 Å². The molecule has 0 aromatic carbocycles. The Bertz CT molecular complexity index is 230. The smallest absolute Gasteiger partial charge is 0.0613 e. The highest BCUT2D eigenvalue weighted by Gasteiger charge is 2.41. The van der Waals surface area contributed by atoms with E-state index in [1.54, 1.807) is 0 Å². The molecule has 0 aromatic heterocycles. The van der Waals surface area contributed by atoms with Crippen LogP contribution in [0.4, 0.5) is 0 Å². The van der Waals surface area contributed by atoms with Gasteiger partial charge in [0.2, 0.25) is 0 Å². The summed E-state index contributed by atoms with van der Waals surface area (Å²) in [7, 11) is 2.27. The molecule has 2 aliphatic rings. The molecule has 0 aromatic rings. The molecule has 0 spiro atoms. The van der Waals surface area contributed by atoms with E-state index >= 15 is 0 Å². The summed E-state index contributed by atoms with van der Waals surface area (Å²) in [5.41, 5.74) is 0.0113. The van der Waals surface area contributed by atoms with Crippen molar-refractivity contribution in [3.05, 3.63) is 0 Å². The maximum Gasteiger partial charge on any atom is 0.0613 e. The predicted octanol–water partition coefficient (Wildman–Crippen LogP) is 1.36. The van der Waals surface area contributed by atoms with Crippen LogP contribution in [0.25, 0.3) is 0 Å². The molecule has 2 aliphatic carbocycles. The van der Waals surface area contributed by atoms with E-state index in [1.165, 1.54) is 25.7 Å². The van der Waals surface area contributed by atoms with Gasteiger partial charge in [0.25, 0.3) is 0 Å². The number of nitrogens with one attached hydrogen (secondary N) is 1. The number of rotatable bonds is 5. The van der Waals surface area contributed by atoms with Crippen LogP contribution in [0.2, 0.25) is 0 Å². The van der Waals surface area contributed by atoms with Gasteiger partial charge in [-0.15, -0.1) is 0 Å². The van der Waals surface area contributed by atoms with Gasteiger partial charge in [0.15, 0.2) is 0 Å². The molecule has 94 valence electrons. The molecule has 3 heteroatoms. The summed E-state index contributed by atoms with van der Waals surface area (Å²) in [5.74, 6) is 0. The summed E-state index contributed by atoms with van der Waals surface area (Å²) in [6.07, 6.45) is 7.63. The minimum Gasteiger partial charge on any atom is -0.394 e. The molecule has 16 heavy (non-hydrogen) atoms. The number of likely N-dealkylation sites (N-methyl/N-ethyl adjacent to an activating group) is 1. The van der Waals surface area contributed by atoms with Crippen molar-refractivity contribution < 1.29 is 5.11 Å². The highest BCUT2D eigenvalue weighted by atomic mass is 16.3. The van der Waals surface area contributed by atoms with Gasteiger partial charge in [-0.2, -0.15) is 0 Å². The lowest BCUT2D eigenvalue weighted by molar-refractivity contribution is 0.0984. The Morgan fingerprint density at radius 3 is 2.56 bits per heavy atom. The second kappa shape index (κ2) is 5.03. The third-order valence-electron chi connectivity index (χ3n) is 4.66. The number of aliphatic hydroxyl groups is 1. The molecule has 2 N–H and O–H groups in total. The number of nitrogens with zero attached hydrogens (tertiary/aromatic N) is 1. The highest BCUT2D eigenvalue weighted by Crippen LogP contribution is 2.36. The van der Waals surface area contributed by atoms with Crippen molar-refractivity contribution in [1.82, 2.24) is 10.2 Å².